The van der Waals surface area contributed by atoms with Gasteiger partial charge in [-0.1, -0.05) is 0 Å². The highest BCUT2D eigenvalue weighted by atomic mass is 35.5. The normalized spacial score (nSPS) is 33.0. The van der Waals surface area contributed by atoms with Crippen LogP contribution < -0.4 is 5.32 Å². The minimum absolute atomic E-state index is 0.464. The van der Waals surface area contributed by atoms with E-state index in [0.717, 1.165) is 17.4 Å². The number of nitrogens with one attached hydrogen (secondary N) is 1. The molecule has 4 heteroatoms. The molecule has 15 heavy (non-hydrogen) atoms. The zero-order valence-corrected chi connectivity index (χ0v) is 10.0. The fraction of sp³-hybridized carbons (Fsp3) is 0.636. The van der Waals surface area contributed by atoms with Crippen LogP contribution in [-0.2, 0) is 5.75 Å². The summed E-state index contributed by atoms with van der Waals surface area (Å²) in [5.74, 6) is 4.07. The van der Waals surface area contributed by atoms with Crippen molar-refractivity contribution in [3.8, 4) is 0 Å². The highest BCUT2D eigenvalue weighted by molar-refractivity contribution is 7.98. The number of furan rings is 1. The van der Waals surface area contributed by atoms with Crippen LogP contribution in [0.5, 0.6) is 0 Å². The molecule has 1 aliphatic carbocycles. The minimum Gasteiger partial charge on any atom is -0.449 e. The molecular weight excluding hydrogens is 230 g/mol. The molecule has 0 aromatic carbocycles. The van der Waals surface area contributed by atoms with Gasteiger partial charge in [-0.15, -0.1) is 0 Å². The lowest BCUT2D eigenvalue weighted by Crippen LogP contribution is -2.45. The van der Waals surface area contributed by atoms with Crippen molar-refractivity contribution in [3.05, 3.63) is 23.1 Å². The van der Waals surface area contributed by atoms with Crippen molar-refractivity contribution in [2.75, 3.05) is 12.3 Å². The molecule has 0 atom stereocenters. The third kappa shape index (κ3) is 1.93. The van der Waals surface area contributed by atoms with Crippen molar-refractivity contribution >= 4 is 23.4 Å². The number of hydrogen-bond acceptors (Lipinski definition) is 3. The van der Waals surface area contributed by atoms with Gasteiger partial charge in [-0.25, -0.2) is 0 Å². The van der Waals surface area contributed by atoms with Crippen LogP contribution in [0.4, 0.5) is 0 Å². The van der Waals surface area contributed by atoms with E-state index in [1.807, 2.05) is 23.9 Å². The molecular formula is C11H14ClNOS. The Morgan fingerprint density at radius 3 is 3.00 bits per heavy atom. The van der Waals surface area contributed by atoms with E-state index in [1.54, 1.807) is 0 Å². The van der Waals surface area contributed by atoms with Crippen LogP contribution in [0.1, 0.15) is 18.6 Å². The molecule has 82 valence electrons. The SMILES string of the molecule is Clc1ccc(CSCC23CC(CN2)C3)o1. The Hall–Kier alpha value is -0.120. The van der Waals surface area contributed by atoms with E-state index in [1.165, 1.54) is 25.1 Å². The molecule has 2 saturated heterocycles. The highest BCUT2D eigenvalue weighted by Gasteiger charge is 2.49. The van der Waals surface area contributed by atoms with Crippen molar-refractivity contribution in [2.45, 2.75) is 24.1 Å². The molecule has 3 heterocycles. The van der Waals surface area contributed by atoms with Crippen LogP contribution in [0.15, 0.2) is 16.5 Å². The summed E-state index contributed by atoms with van der Waals surface area (Å²) in [5.41, 5.74) is 0.464. The number of halogens is 1. The minimum atomic E-state index is 0.464. The lowest BCUT2D eigenvalue weighted by molar-refractivity contribution is 0.257. The van der Waals surface area contributed by atoms with E-state index in [-0.39, 0.29) is 0 Å². The zero-order chi connectivity index (χ0) is 10.3. The molecule has 3 fully saturated rings. The number of hydrogen-bond donors (Lipinski definition) is 1. The maximum Gasteiger partial charge on any atom is 0.193 e. The van der Waals surface area contributed by atoms with Crippen molar-refractivity contribution in [1.82, 2.24) is 5.32 Å². The molecule has 2 nitrogen and oxygen atoms in total. The van der Waals surface area contributed by atoms with Crippen LogP contribution in [0, 0.1) is 5.92 Å². The van der Waals surface area contributed by atoms with Gasteiger partial charge in [0.1, 0.15) is 5.76 Å². The van der Waals surface area contributed by atoms with Gasteiger partial charge in [-0.3, -0.25) is 0 Å². The van der Waals surface area contributed by atoms with Gasteiger partial charge in [-0.05, 0) is 49.0 Å². The van der Waals surface area contributed by atoms with E-state index in [2.05, 4.69) is 5.32 Å². The summed E-state index contributed by atoms with van der Waals surface area (Å²) in [6.45, 7) is 1.23. The standard InChI is InChI=1S/C11H14ClNOS/c12-10-2-1-9(14-10)6-15-7-11-3-8(4-11)5-13-11/h1-2,8,13H,3-7H2. The molecule has 0 amide bonds. The summed E-state index contributed by atoms with van der Waals surface area (Å²) < 4.78 is 5.32. The Morgan fingerprint density at radius 1 is 1.53 bits per heavy atom. The molecule has 4 rings (SSSR count). The Kier molecular flexibility index (Phi) is 2.49. The average Bonchev–Trinajstić information content (AvgIpc) is 2.80. The summed E-state index contributed by atoms with van der Waals surface area (Å²) in [6.07, 6.45) is 2.75. The van der Waals surface area contributed by atoms with Gasteiger partial charge in [-0.2, -0.15) is 11.8 Å². The molecule has 1 aromatic rings. The molecule has 0 unspecified atom stereocenters. The summed E-state index contributed by atoms with van der Waals surface area (Å²) >= 11 is 7.65. The highest BCUT2D eigenvalue weighted by Crippen LogP contribution is 2.45. The monoisotopic (exact) mass is 243 g/mol. The second-order valence-corrected chi connectivity index (χ2v) is 5.99. The summed E-state index contributed by atoms with van der Waals surface area (Å²) in [4.78, 5) is 0. The van der Waals surface area contributed by atoms with Crippen LogP contribution in [0.25, 0.3) is 0 Å². The molecule has 1 N–H and O–H groups in total. The quantitative estimate of drug-likeness (QED) is 0.880. The van der Waals surface area contributed by atoms with Crippen LogP contribution in [-0.4, -0.2) is 17.8 Å². The third-order valence-electron chi connectivity index (χ3n) is 3.38. The summed E-state index contributed by atoms with van der Waals surface area (Å²) in [5, 5.41) is 4.11. The van der Waals surface area contributed by atoms with E-state index in [4.69, 9.17) is 16.0 Å². The van der Waals surface area contributed by atoms with Gasteiger partial charge in [0.15, 0.2) is 5.22 Å². The van der Waals surface area contributed by atoms with E-state index in [9.17, 15) is 0 Å². The topological polar surface area (TPSA) is 25.2 Å². The second-order valence-electron chi connectivity index (χ2n) is 4.63. The predicted octanol–water partition coefficient (Wildman–Crippen LogP) is 2.92. The average molecular weight is 244 g/mol. The fourth-order valence-electron chi connectivity index (χ4n) is 2.64. The lowest BCUT2D eigenvalue weighted by atomic mass is 9.75. The van der Waals surface area contributed by atoms with E-state index < -0.39 is 0 Å². The maximum atomic E-state index is 5.71. The van der Waals surface area contributed by atoms with Crippen molar-refractivity contribution < 1.29 is 4.42 Å². The first-order valence-electron chi connectivity index (χ1n) is 5.33. The molecule has 0 spiro atoms. The van der Waals surface area contributed by atoms with Crippen molar-refractivity contribution in [2.24, 2.45) is 5.92 Å². The number of rotatable bonds is 4. The van der Waals surface area contributed by atoms with E-state index in [0.29, 0.717) is 10.8 Å². The largest absolute Gasteiger partial charge is 0.449 e. The molecule has 0 radical (unpaired) electrons. The van der Waals surface area contributed by atoms with Gasteiger partial charge in [0.05, 0.1) is 5.75 Å². The first kappa shape index (κ1) is 10.1. The first-order valence-corrected chi connectivity index (χ1v) is 6.86. The van der Waals surface area contributed by atoms with Gasteiger partial charge in [0.25, 0.3) is 0 Å². The van der Waals surface area contributed by atoms with Gasteiger partial charge in [0.2, 0.25) is 0 Å². The van der Waals surface area contributed by atoms with Crippen molar-refractivity contribution in [3.63, 3.8) is 0 Å². The Labute approximate surface area is 98.7 Å². The molecule has 1 saturated carbocycles. The molecule has 2 bridgehead atoms. The van der Waals surface area contributed by atoms with Gasteiger partial charge in [0, 0.05) is 11.3 Å². The molecule has 1 aromatic heterocycles. The molecule has 2 aliphatic heterocycles. The summed E-state index contributed by atoms with van der Waals surface area (Å²) in [6, 6.07) is 3.77. The number of thioether (sulfide) groups is 1. The second kappa shape index (κ2) is 3.72. The Balaban J connectivity index is 1.47. The van der Waals surface area contributed by atoms with Gasteiger partial charge >= 0.3 is 0 Å². The third-order valence-corrected chi connectivity index (χ3v) is 4.82. The Bertz CT molecular complexity index is 354. The van der Waals surface area contributed by atoms with Crippen LogP contribution in [0.2, 0.25) is 5.22 Å². The van der Waals surface area contributed by atoms with Crippen molar-refractivity contribution in [1.29, 1.82) is 0 Å². The van der Waals surface area contributed by atoms with Gasteiger partial charge < -0.3 is 9.73 Å². The first-order chi connectivity index (χ1) is 7.26. The zero-order valence-electron chi connectivity index (χ0n) is 8.46. The lowest BCUT2D eigenvalue weighted by Gasteiger charge is -2.37. The molecule has 3 aliphatic rings. The maximum absolute atomic E-state index is 5.71. The smallest absolute Gasteiger partial charge is 0.193 e. The van der Waals surface area contributed by atoms with Crippen LogP contribution in [0.3, 0.4) is 0 Å². The predicted molar refractivity (Wildman–Crippen MR) is 63.3 cm³/mol. The van der Waals surface area contributed by atoms with Crippen LogP contribution >= 0.6 is 23.4 Å². The summed E-state index contributed by atoms with van der Waals surface area (Å²) in [7, 11) is 0. The Morgan fingerprint density at radius 2 is 2.40 bits per heavy atom. The number of fused-ring (bicyclic) bond motifs is 1. The fourth-order valence-corrected chi connectivity index (χ4v) is 3.99. The van der Waals surface area contributed by atoms with E-state index >= 15 is 0 Å².